The number of aromatic hydroxyl groups is 1. The lowest BCUT2D eigenvalue weighted by Gasteiger charge is -2.15. The van der Waals surface area contributed by atoms with Gasteiger partial charge in [-0.3, -0.25) is 14.4 Å². The van der Waals surface area contributed by atoms with Gasteiger partial charge in [-0.05, 0) is 30.7 Å². The van der Waals surface area contributed by atoms with Gasteiger partial charge in [-0.2, -0.15) is 0 Å². The minimum atomic E-state index is -1.49. The number of phenolic OH excluding ortho intramolecular Hbond substituents is 1. The van der Waals surface area contributed by atoms with Gasteiger partial charge < -0.3 is 19.3 Å². The second-order valence-electron chi connectivity index (χ2n) is 5.02. The largest absolute Gasteiger partial charge is 0.502 e. The van der Waals surface area contributed by atoms with E-state index in [1.54, 1.807) is 0 Å². The van der Waals surface area contributed by atoms with E-state index in [-0.39, 0.29) is 23.0 Å². The van der Waals surface area contributed by atoms with Crippen molar-refractivity contribution in [2.45, 2.75) is 6.92 Å². The highest BCUT2D eigenvalue weighted by Gasteiger charge is 2.36. The number of carbonyl (C=O) groups is 3. The molecule has 0 radical (unpaired) electrons. The average Bonchev–Trinajstić information content (AvgIpc) is 2.52. The van der Waals surface area contributed by atoms with Gasteiger partial charge in [-0.1, -0.05) is 6.08 Å². The number of rotatable bonds is 5. The number of hydrogen-bond donors (Lipinski definition) is 1. The summed E-state index contributed by atoms with van der Waals surface area (Å²) in [6.07, 6.45) is 3.60. The van der Waals surface area contributed by atoms with Crippen LogP contribution in [0, 0.1) is 5.92 Å². The van der Waals surface area contributed by atoms with Crippen LogP contribution >= 0.6 is 0 Å². The Hall–Kier alpha value is -3.09. The summed E-state index contributed by atoms with van der Waals surface area (Å²) in [5.74, 6) is -3.39. The minimum Gasteiger partial charge on any atom is -0.502 e. The highest BCUT2D eigenvalue weighted by atomic mass is 16.5. The Labute approximate surface area is 138 Å². The summed E-state index contributed by atoms with van der Waals surface area (Å²) in [7, 11) is 2.75. The first-order valence-corrected chi connectivity index (χ1v) is 6.98. The summed E-state index contributed by atoms with van der Waals surface area (Å²) in [4.78, 5) is 35.6. The fourth-order valence-corrected chi connectivity index (χ4v) is 2.19. The van der Waals surface area contributed by atoms with Crippen LogP contribution in [0.15, 0.2) is 30.0 Å². The second kappa shape index (κ2) is 6.99. The van der Waals surface area contributed by atoms with Gasteiger partial charge >= 0.3 is 5.97 Å². The molecule has 1 heterocycles. The summed E-state index contributed by atoms with van der Waals surface area (Å²) in [6, 6.07) is 2.96. The number of esters is 1. The maximum atomic E-state index is 12.1. The SMILES string of the molecule is COc1cc(/C=C/C(=O)[C@H]2C(=O)C=C(C)OC2=O)cc(OC)c1O. The maximum absolute atomic E-state index is 12.1. The highest BCUT2D eigenvalue weighted by molar-refractivity contribution is 6.25. The molecule has 0 amide bonds. The maximum Gasteiger partial charge on any atom is 0.329 e. The fraction of sp³-hybridized carbons (Fsp3) is 0.235. The van der Waals surface area contributed by atoms with Crippen LogP contribution in [0.2, 0.25) is 0 Å². The van der Waals surface area contributed by atoms with Crippen LogP contribution in [-0.4, -0.2) is 36.9 Å². The van der Waals surface area contributed by atoms with Crippen molar-refractivity contribution >= 4 is 23.6 Å². The standard InChI is InChI=1S/C17H16O7/c1-9-6-12(19)15(17(21)24-9)11(18)5-4-10-7-13(22-2)16(20)14(8-10)23-3/h4-8,15,20H,1-3H3/b5-4+/t15-/m0/s1. The molecular weight excluding hydrogens is 316 g/mol. The first-order chi connectivity index (χ1) is 11.4. The van der Waals surface area contributed by atoms with Crippen molar-refractivity contribution in [2.24, 2.45) is 5.92 Å². The van der Waals surface area contributed by atoms with Crippen LogP contribution in [0.4, 0.5) is 0 Å². The van der Waals surface area contributed by atoms with Gasteiger partial charge in [-0.25, -0.2) is 0 Å². The Bertz CT molecular complexity index is 733. The number of ether oxygens (including phenoxy) is 3. The number of benzene rings is 1. The first kappa shape index (κ1) is 17.3. The molecule has 0 saturated carbocycles. The van der Waals surface area contributed by atoms with Crippen LogP contribution in [0.25, 0.3) is 6.08 Å². The molecule has 7 heteroatoms. The second-order valence-corrected chi connectivity index (χ2v) is 5.02. The van der Waals surface area contributed by atoms with Gasteiger partial charge in [0.2, 0.25) is 5.75 Å². The zero-order chi connectivity index (χ0) is 17.9. The molecular formula is C17H16O7. The van der Waals surface area contributed by atoms with Crippen molar-refractivity contribution < 1.29 is 33.7 Å². The van der Waals surface area contributed by atoms with Crippen molar-refractivity contribution in [3.8, 4) is 17.2 Å². The van der Waals surface area contributed by atoms with E-state index in [0.29, 0.717) is 5.56 Å². The minimum absolute atomic E-state index is 0.158. The van der Waals surface area contributed by atoms with Gasteiger partial charge in [0.1, 0.15) is 5.76 Å². The fourth-order valence-electron chi connectivity index (χ4n) is 2.19. The molecule has 0 saturated heterocycles. The summed E-state index contributed by atoms with van der Waals surface area (Å²) < 4.78 is 14.8. The van der Waals surface area contributed by atoms with Crippen molar-refractivity contribution in [1.29, 1.82) is 0 Å². The molecule has 7 nitrogen and oxygen atoms in total. The van der Waals surface area contributed by atoms with Gasteiger partial charge in [0, 0.05) is 6.08 Å². The molecule has 126 valence electrons. The molecule has 0 unspecified atom stereocenters. The summed E-state index contributed by atoms with van der Waals surface area (Å²) in [5.41, 5.74) is 0.484. The van der Waals surface area contributed by atoms with E-state index in [4.69, 9.17) is 14.2 Å². The third kappa shape index (κ3) is 3.45. The lowest BCUT2D eigenvalue weighted by Crippen LogP contribution is -2.34. The zero-order valence-electron chi connectivity index (χ0n) is 13.4. The number of carbonyl (C=O) groups excluding carboxylic acids is 3. The molecule has 1 N–H and O–H groups in total. The number of hydrogen-bond acceptors (Lipinski definition) is 7. The van der Waals surface area contributed by atoms with Crippen LogP contribution in [0.1, 0.15) is 12.5 Å². The molecule has 0 bridgehead atoms. The van der Waals surface area contributed by atoms with Crippen molar-refractivity contribution in [3.05, 3.63) is 35.6 Å². The molecule has 1 atom stereocenters. The van der Waals surface area contributed by atoms with E-state index >= 15 is 0 Å². The molecule has 1 aromatic rings. The highest BCUT2D eigenvalue weighted by Crippen LogP contribution is 2.37. The van der Waals surface area contributed by atoms with Crippen molar-refractivity contribution in [1.82, 2.24) is 0 Å². The summed E-state index contributed by atoms with van der Waals surface area (Å²) in [5, 5.41) is 9.84. The average molecular weight is 332 g/mol. The molecule has 0 fully saturated rings. The Balaban J connectivity index is 2.26. The molecule has 24 heavy (non-hydrogen) atoms. The number of methoxy groups -OCH3 is 2. The first-order valence-electron chi connectivity index (χ1n) is 6.98. The van der Waals surface area contributed by atoms with E-state index in [1.165, 1.54) is 39.4 Å². The lowest BCUT2D eigenvalue weighted by molar-refractivity contribution is -0.151. The number of allylic oxidation sites excluding steroid dienone is 3. The number of ketones is 2. The van der Waals surface area contributed by atoms with E-state index in [9.17, 15) is 19.5 Å². The predicted octanol–water partition coefficient (Wildman–Crippen LogP) is 1.64. The van der Waals surface area contributed by atoms with Gasteiger partial charge in [0.05, 0.1) is 14.2 Å². The summed E-state index contributed by atoms with van der Waals surface area (Å²) >= 11 is 0. The molecule has 1 aromatic carbocycles. The molecule has 0 spiro atoms. The normalized spacial score (nSPS) is 17.5. The summed E-state index contributed by atoms with van der Waals surface area (Å²) in [6.45, 7) is 1.46. The van der Waals surface area contributed by atoms with Gasteiger partial charge in [0.15, 0.2) is 29.0 Å². The predicted molar refractivity (Wildman–Crippen MR) is 83.6 cm³/mol. The molecule has 0 aromatic heterocycles. The van der Waals surface area contributed by atoms with Crippen LogP contribution < -0.4 is 9.47 Å². The third-order valence-electron chi connectivity index (χ3n) is 3.35. The van der Waals surface area contributed by atoms with Crippen LogP contribution in [0.3, 0.4) is 0 Å². The van der Waals surface area contributed by atoms with Gasteiger partial charge in [-0.15, -0.1) is 0 Å². The third-order valence-corrected chi connectivity index (χ3v) is 3.35. The Morgan fingerprint density at radius 3 is 2.29 bits per heavy atom. The Morgan fingerprint density at radius 2 is 1.79 bits per heavy atom. The topological polar surface area (TPSA) is 99.1 Å². The number of cyclic esters (lactones) is 1. The van der Waals surface area contributed by atoms with Crippen LogP contribution in [0.5, 0.6) is 17.2 Å². The quantitative estimate of drug-likeness (QED) is 0.497. The molecule has 2 rings (SSSR count). The molecule has 1 aliphatic rings. The Morgan fingerprint density at radius 1 is 1.21 bits per heavy atom. The molecule has 1 aliphatic heterocycles. The zero-order valence-corrected chi connectivity index (χ0v) is 13.4. The van der Waals surface area contributed by atoms with Crippen LogP contribution in [-0.2, 0) is 19.1 Å². The molecule has 0 aliphatic carbocycles. The van der Waals surface area contributed by atoms with Crippen molar-refractivity contribution in [3.63, 3.8) is 0 Å². The van der Waals surface area contributed by atoms with Crippen molar-refractivity contribution in [2.75, 3.05) is 14.2 Å². The van der Waals surface area contributed by atoms with E-state index in [2.05, 4.69) is 0 Å². The van der Waals surface area contributed by atoms with E-state index < -0.39 is 23.5 Å². The Kier molecular flexibility index (Phi) is 5.03. The van der Waals surface area contributed by atoms with E-state index in [1.807, 2.05) is 0 Å². The van der Waals surface area contributed by atoms with E-state index in [0.717, 1.165) is 12.2 Å². The lowest BCUT2D eigenvalue weighted by atomic mass is 9.96. The monoisotopic (exact) mass is 332 g/mol. The number of phenols is 1. The van der Waals surface area contributed by atoms with Gasteiger partial charge in [0.25, 0.3) is 0 Å². The smallest absolute Gasteiger partial charge is 0.329 e.